The Morgan fingerprint density at radius 1 is 1.00 bits per heavy atom. The standard InChI is InChI=1S/C29H25N2O3.Pt/c1-29(2)16-15-18-7-3-4-11-22(18)26-27(29)34-28(31-26)20-9-5-10-21(17-20)33-24-14-13-19-8-6-12-23(32)25(19)30-24;/h3-14,26-27,32H,15-16H2,1-2H3;/q-1;/t26-,27-;/m0./s1. The Morgan fingerprint density at radius 2 is 1.83 bits per heavy atom. The van der Waals surface area contributed by atoms with Gasteiger partial charge in [-0.05, 0) is 36.1 Å². The molecule has 0 fully saturated rings. The number of aromatic hydroxyl groups is 1. The molecule has 35 heavy (non-hydrogen) atoms. The van der Waals surface area contributed by atoms with Gasteiger partial charge in [-0.3, -0.25) is 4.99 Å². The summed E-state index contributed by atoms with van der Waals surface area (Å²) in [7, 11) is 0. The van der Waals surface area contributed by atoms with Gasteiger partial charge in [0, 0.05) is 43.7 Å². The van der Waals surface area contributed by atoms with Crippen molar-refractivity contribution in [2.75, 3.05) is 0 Å². The van der Waals surface area contributed by atoms with Crippen LogP contribution in [0, 0.1) is 11.5 Å². The summed E-state index contributed by atoms with van der Waals surface area (Å²) < 4.78 is 12.5. The number of benzene rings is 3. The fourth-order valence-corrected chi connectivity index (χ4v) is 4.93. The number of ether oxygens (including phenoxy) is 2. The third-order valence-electron chi connectivity index (χ3n) is 6.85. The minimum atomic E-state index is -0.0354. The average molecular weight is 645 g/mol. The molecular weight excluding hydrogens is 619 g/mol. The van der Waals surface area contributed by atoms with Gasteiger partial charge >= 0.3 is 0 Å². The topological polar surface area (TPSA) is 63.9 Å². The van der Waals surface area contributed by atoms with Crippen molar-refractivity contribution in [3.8, 4) is 17.4 Å². The Kier molecular flexibility index (Phi) is 6.14. The van der Waals surface area contributed by atoms with Gasteiger partial charge in [-0.1, -0.05) is 61.9 Å². The summed E-state index contributed by atoms with van der Waals surface area (Å²) in [5, 5.41) is 11.0. The number of nitrogens with zero attached hydrogens (tertiary/aromatic N) is 2. The smallest absolute Gasteiger partial charge is 0.217 e. The molecule has 0 radical (unpaired) electrons. The first kappa shape index (κ1) is 23.6. The molecule has 0 spiro atoms. The fraction of sp³-hybridized carbons (Fsp3) is 0.241. The summed E-state index contributed by atoms with van der Waals surface area (Å²) in [5.74, 6) is 1.61. The van der Waals surface area contributed by atoms with Crippen LogP contribution in [0.3, 0.4) is 0 Å². The van der Waals surface area contributed by atoms with Gasteiger partial charge in [0.1, 0.15) is 29.3 Å². The molecule has 6 rings (SSSR count). The van der Waals surface area contributed by atoms with Gasteiger partial charge in [-0.25, -0.2) is 4.98 Å². The molecule has 0 saturated carbocycles. The third-order valence-corrected chi connectivity index (χ3v) is 6.85. The number of para-hydroxylation sites is 1. The number of aromatic nitrogens is 1. The van der Waals surface area contributed by atoms with Crippen molar-refractivity contribution < 1.29 is 35.6 Å². The van der Waals surface area contributed by atoms with E-state index in [-0.39, 0.29) is 44.4 Å². The molecule has 4 aromatic rings. The van der Waals surface area contributed by atoms with Crippen LogP contribution in [0.15, 0.2) is 77.8 Å². The van der Waals surface area contributed by atoms with E-state index >= 15 is 0 Å². The first-order chi connectivity index (χ1) is 16.5. The molecule has 2 atom stereocenters. The Bertz CT molecular complexity index is 1430. The second-order valence-corrected chi connectivity index (χ2v) is 9.63. The minimum Gasteiger partial charge on any atom is -0.514 e. The molecule has 1 aromatic heterocycles. The molecule has 0 amide bonds. The predicted molar refractivity (Wildman–Crippen MR) is 131 cm³/mol. The van der Waals surface area contributed by atoms with Crippen LogP contribution < -0.4 is 4.74 Å². The van der Waals surface area contributed by atoms with Crippen LogP contribution >= 0.6 is 0 Å². The van der Waals surface area contributed by atoms with Gasteiger partial charge < -0.3 is 14.6 Å². The molecule has 3 aromatic carbocycles. The first-order valence-electron chi connectivity index (χ1n) is 11.6. The number of pyridine rings is 1. The summed E-state index contributed by atoms with van der Waals surface area (Å²) in [6.45, 7) is 4.53. The molecule has 2 heterocycles. The van der Waals surface area contributed by atoms with Gasteiger partial charge in [0.2, 0.25) is 5.88 Å². The number of aliphatic imine (C=N–C) groups is 1. The Hall–Kier alpha value is -3.17. The predicted octanol–water partition coefficient (Wildman–Crippen LogP) is 6.39. The van der Waals surface area contributed by atoms with Crippen LogP contribution in [-0.4, -0.2) is 22.1 Å². The summed E-state index contributed by atoms with van der Waals surface area (Å²) in [6.07, 6.45) is 2.05. The number of hydrogen-bond acceptors (Lipinski definition) is 5. The number of phenols is 1. The van der Waals surface area contributed by atoms with Crippen molar-refractivity contribution in [3.05, 3.63) is 95.6 Å². The second-order valence-electron chi connectivity index (χ2n) is 9.63. The summed E-state index contributed by atoms with van der Waals surface area (Å²) in [5.41, 5.74) is 3.84. The quantitative estimate of drug-likeness (QED) is 0.263. The first-order valence-corrected chi connectivity index (χ1v) is 11.6. The SMILES string of the molecule is CC1(C)CCc2ccccc2[C@@H]2N=C(c3[c-]c(Oc4ccc5cccc(O)c5n4)ccc3)O[C@@H]21.[Pt]. The molecule has 1 aliphatic heterocycles. The van der Waals surface area contributed by atoms with Crippen LogP contribution in [0.25, 0.3) is 10.9 Å². The van der Waals surface area contributed by atoms with Crippen LogP contribution in [0.1, 0.15) is 43.0 Å². The van der Waals surface area contributed by atoms with E-state index in [1.807, 2.05) is 30.3 Å². The molecule has 1 aliphatic carbocycles. The zero-order valence-electron chi connectivity index (χ0n) is 19.5. The Balaban J connectivity index is 0.00000253. The van der Waals surface area contributed by atoms with Gasteiger partial charge in [0.15, 0.2) is 0 Å². The molecule has 0 unspecified atom stereocenters. The average Bonchev–Trinajstić information content (AvgIpc) is 3.27. The number of hydrogen-bond donors (Lipinski definition) is 1. The van der Waals surface area contributed by atoms with E-state index in [1.54, 1.807) is 18.2 Å². The van der Waals surface area contributed by atoms with E-state index in [4.69, 9.17) is 14.5 Å². The maximum atomic E-state index is 10.1. The van der Waals surface area contributed by atoms with Gasteiger partial charge in [0.25, 0.3) is 0 Å². The number of phenolic OH excluding ortho intramolecular Hbond substituents is 1. The summed E-state index contributed by atoms with van der Waals surface area (Å²) >= 11 is 0. The van der Waals surface area contributed by atoms with E-state index in [0.717, 1.165) is 23.8 Å². The molecule has 0 bridgehead atoms. The Labute approximate surface area is 219 Å². The van der Waals surface area contributed by atoms with E-state index in [0.29, 0.717) is 23.0 Å². The summed E-state index contributed by atoms with van der Waals surface area (Å²) in [4.78, 5) is 9.49. The number of aryl methyl sites for hydroxylation is 1. The van der Waals surface area contributed by atoms with Crippen molar-refractivity contribution in [1.82, 2.24) is 4.98 Å². The fourth-order valence-electron chi connectivity index (χ4n) is 4.93. The second kappa shape index (κ2) is 9.12. The van der Waals surface area contributed by atoms with E-state index < -0.39 is 0 Å². The molecule has 6 heteroatoms. The van der Waals surface area contributed by atoms with E-state index in [1.165, 1.54) is 11.1 Å². The van der Waals surface area contributed by atoms with Gasteiger partial charge in [-0.15, -0.1) is 18.2 Å². The third kappa shape index (κ3) is 4.34. The minimum absolute atomic E-state index is 0. The van der Waals surface area contributed by atoms with Crippen molar-refractivity contribution >= 4 is 16.8 Å². The Morgan fingerprint density at radius 3 is 2.71 bits per heavy atom. The van der Waals surface area contributed by atoms with Crippen LogP contribution in [-0.2, 0) is 32.2 Å². The monoisotopic (exact) mass is 644 g/mol. The molecule has 0 saturated heterocycles. The largest absolute Gasteiger partial charge is 0.514 e. The molecule has 5 nitrogen and oxygen atoms in total. The van der Waals surface area contributed by atoms with Crippen molar-refractivity contribution in [1.29, 1.82) is 0 Å². The maximum Gasteiger partial charge on any atom is 0.217 e. The number of rotatable bonds is 3. The van der Waals surface area contributed by atoms with Crippen LogP contribution in [0.4, 0.5) is 0 Å². The van der Waals surface area contributed by atoms with Crippen molar-refractivity contribution in [3.63, 3.8) is 0 Å². The van der Waals surface area contributed by atoms with Crippen molar-refractivity contribution in [2.45, 2.75) is 38.8 Å². The van der Waals surface area contributed by atoms with E-state index in [9.17, 15) is 5.11 Å². The van der Waals surface area contributed by atoms with Gasteiger partial charge in [0.05, 0.1) is 0 Å². The van der Waals surface area contributed by atoms with Crippen molar-refractivity contribution in [2.24, 2.45) is 10.4 Å². The van der Waals surface area contributed by atoms with E-state index in [2.05, 4.69) is 49.2 Å². The molecule has 1 N–H and O–H groups in total. The van der Waals surface area contributed by atoms with Crippen LogP contribution in [0.2, 0.25) is 0 Å². The molecule has 180 valence electrons. The zero-order chi connectivity index (χ0) is 23.3. The summed E-state index contributed by atoms with van der Waals surface area (Å²) in [6, 6.07) is 26.4. The molecular formula is C29H25N2O3Pt-. The number of fused-ring (bicyclic) bond motifs is 4. The molecule has 2 aliphatic rings. The zero-order valence-corrected chi connectivity index (χ0v) is 21.7. The van der Waals surface area contributed by atoms with Crippen LogP contribution in [0.5, 0.6) is 17.4 Å². The van der Waals surface area contributed by atoms with Gasteiger partial charge in [-0.2, -0.15) is 0 Å². The normalized spacial score (nSPS) is 20.0. The maximum absolute atomic E-state index is 10.1.